The Morgan fingerprint density at radius 1 is 0.706 bits per heavy atom. The number of nitrogens with zero attached hydrogens (tertiary/aromatic N) is 4. The molecule has 0 atom stereocenters. The molecule has 252 valence electrons. The molecule has 2 spiro atoms. The van der Waals surface area contributed by atoms with Gasteiger partial charge in [0.05, 0.1) is 28.7 Å². The van der Waals surface area contributed by atoms with Crippen LogP contribution >= 0.6 is 0 Å². The quantitative estimate of drug-likeness (QED) is 0.121. The molecule has 0 aromatic heterocycles. The van der Waals surface area contributed by atoms with Gasteiger partial charge in [0.1, 0.15) is 7.05 Å². The Morgan fingerprint density at radius 2 is 1.31 bits per heavy atom. The van der Waals surface area contributed by atoms with E-state index in [2.05, 4.69) is 121 Å². The maximum Gasteiger partial charge on any atom is 0.210 e. The van der Waals surface area contributed by atoms with Gasteiger partial charge in [0, 0.05) is 41.6 Å². The molecule has 2 aliphatic carbocycles. The summed E-state index contributed by atoms with van der Waals surface area (Å²) in [6.07, 6.45) is 25.7. The topological polar surface area (TPSA) is 53.8 Å². The van der Waals surface area contributed by atoms with Crippen LogP contribution in [0, 0.1) is 22.7 Å². The molecule has 4 nitrogen and oxygen atoms in total. The van der Waals surface area contributed by atoms with Gasteiger partial charge >= 0.3 is 0 Å². The third-order valence-corrected chi connectivity index (χ3v) is 12.2. The van der Waals surface area contributed by atoms with Gasteiger partial charge in [-0.15, -0.1) is 0 Å². The van der Waals surface area contributed by atoms with Crippen LogP contribution in [0.15, 0.2) is 132 Å². The van der Waals surface area contributed by atoms with Gasteiger partial charge in [-0.1, -0.05) is 105 Å². The van der Waals surface area contributed by atoms with Crippen LogP contribution in [-0.2, 0) is 10.8 Å². The molecule has 2 fully saturated rings. The molecule has 0 saturated heterocycles. The lowest BCUT2D eigenvalue weighted by Crippen LogP contribution is -2.36. The molecule has 0 radical (unpaired) electrons. The lowest BCUT2D eigenvalue weighted by Gasteiger charge is -2.36. The second-order valence-corrected chi connectivity index (χ2v) is 14.9. The van der Waals surface area contributed by atoms with Crippen molar-refractivity contribution in [3.05, 3.63) is 143 Å². The van der Waals surface area contributed by atoms with Crippen molar-refractivity contribution in [2.24, 2.45) is 0 Å². The Morgan fingerprint density at radius 3 is 1.98 bits per heavy atom. The molecule has 4 aliphatic rings. The van der Waals surface area contributed by atoms with Crippen LogP contribution in [0.5, 0.6) is 0 Å². The van der Waals surface area contributed by atoms with Crippen molar-refractivity contribution in [3.63, 3.8) is 0 Å². The van der Waals surface area contributed by atoms with Crippen LogP contribution in [0.2, 0.25) is 0 Å². The molecule has 2 saturated carbocycles. The molecule has 8 rings (SSSR count). The first-order valence-electron chi connectivity index (χ1n) is 18.7. The third kappa shape index (κ3) is 5.37. The lowest BCUT2D eigenvalue weighted by atomic mass is 9.66. The number of nitriles is 2. The fourth-order valence-electron chi connectivity index (χ4n) is 10.00. The summed E-state index contributed by atoms with van der Waals surface area (Å²) < 4.78 is 2.36. The number of anilines is 1. The van der Waals surface area contributed by atoms with Crippen molar-refractivity contribution < 1.29 is 4.58 Å². The molecule has 2 aliphatic heterocycles. The van der Waals surface area contributed by atoms with Crippen molar-refractivity contribution in [3.8, 4) is 12.1 Å². The van der Waals surface area contributed by atoms with E-state index in [1.807, 2.05) is 24.3 Å². The van der Waals surface area contributed by atoms with Crippen LogP contribution in [-0.4, -0.2) is 24.4 Å². The van der Waals surface area contributed by atoms with E-state index in [4.69, 9.17) is 0 Å². The molecule has 0 bridgehead atoms. The van der Waals surface area contributed by atoms with Gasteiger partial charge in [-0.25, -0.2) is 0 Å². The van der Waals surface area contributed by atoms with Gasteiger partial charge in [-0.3, -0.25) is 0 Å². The fraction of sp³-hybridized carbons (Fsp3) is 0.298. The van der Waals surface area contributed by atoms with Crippen LogP contribution in [0.1, 0.15) is 75.3 Å². The average molecular weight is 666 g/mol. The second kappa shape index (κ2) is 13.4. The van der Waals surface area contributed by atoms with Crippen molar-refractivity contribution >= 4 is 38.6 Å². The highest BCUT2D eigenvalue weighted by Crippen LogP contribution is 2.57. The number of fused-ring (bicyclic) bond motifs is 8. The average Bonchev–Trinajstić information content (AvgIpc) is 3.54. The van der Waals surface area contributed by atoms with E-state index in [1.54, 1.807) is 6.08 Å². The van der Waals surface area contributed by atoms with Crippen LogP contribution in [0.4, 0.5) is 11.4 Å². The Kier molecular flexibility index (Phi) is 8.57. The molecule has 0 unspecified atom stereocenters. The zero-order valence-electron chi connectivity index (χ0n) is 29.8. The molecule has 2 heterocycles. The highest BCUT2D eigenvalue weighted by atomic mass is 15.2. The zero-order chi connectivity index (χ0) is 35.0. The smallest absolute Gasteiger partial charge is 0.210 e. The van der Waals surface area contributed by atoms with E-state index in [0.29, 0.717) is 11.1 Å². The number of benzene rings is 4. The number of hydrogen-bond donors (Lipinski definition) is 0. The van der Waals surface area contributed by atoms with Crippen molar-refractivity contribution in [2.45, 2.75) is 75.0 Å². The number of likely N-dealkylation sites (N-methyl/N-ethyl adjacent to an activating group) is 1. The molecule has 4 heteroatoms. The summed E-state index contributed by atoms with van der Waals surface area (Å²) in [4.78, 5) is 2.36. The first-order valence-corrected chi connectivity index (χ1v) is 18.7. The SMILES string of the molecule is CN1/C(=C/C=C/C(C#N)=C/C(C#N)=C/C=C/C2=[N+](C)c3ccc4ccccc4c3C23CCCCC3)C2(CCCCC2)c2c1ccc1ccccc21. The minimum atomic E-state index is -0.0285. The maximum absolute atomic E-state index is 10.1. The van der Waals surface area contributed by atoms with Crippen LogP contribution < -0.4 is 4.90 Å². The standard InChI is InChI=1S/C47H45N4/c1-50-40-25-23-36-17-5-7-19-38(36)44(40)46(27-9-3-10-28-46)42(50)21-13-15-34(32-48)31-35(33-49)16-14-22-43-47(29-11-4-12-30-47)45-39-20-8-6-18-37(39)24-26-41(45)51(43)2/h5-8,13-26,31H,3-4,9-12,27-30H2,1-2H3/q+1. The highest BCUT2D eigenvalue weighted by Gasteiger charge is 2.51. The summed E-state index contributed by atoms with van der Waals surface area (Å²) in [5, 5.41) is 25.5. The van der Waals surface area contributed by atoms with E-state index in [9.17, 15) is 10.5 Å². The Balaban J connectivity index is 1.09. The van der Waals surface area contributed by atoms with Gasteiger partial charge in [0.2, 0.25) is 5.69 Å². The van der Waals surface area contributed by atoms with Crippen LogP contribution in [0.25, 0.3) is 21.5 Å². The van der Waals surface area contributed by atoms with Crippen molar-refractivity contribution in [1.29, 1.82) is 10.5 Å². The zero-order valence-corrected chi connectivity index (χ0v) is 29.8. The fourth-order valence-corrected chi connectivity index (χ4v) is 10.00. The van der Waals surface area contributed by atoms with Crippen molar-refractivity contribution in [2.75, 3.05) is 19.0 Å². The van der Waals surface area contributed by atoms with Gasteiger partial charge < -0.3 is 4.90 Å². The number of hydrogen-bond acceptors (Lipinski definition) is 3. The van der Waals surface area contributed by atoms with E-state index in [-0.39, 0.29) is 10.8 Å². The third-order valence-electron chi connectivity index (χ3n) is 12.2. The molecular formula is C47H45N4+. The minimum absolute atomic E-state index is 0.0285. The number of rotatable bonds is 5. The normalized spacial score (nSPS) is 20.6. The summed E-state index contributed by atoms with van der Waals surface area (Å²) >= 11 is 0. The second-order valence-electron chi connectivity index (χ2n) is 14.9. The minimum Gasteiger partial charge on any atom is -0.347 e. The summed E-state index contributed by atoms with van der Waals surface area (Å²) in [6.45, 7) is 0. The van der Waals surface area contributed by atoms with Gasteiger partial charge in [-0.05, 0) is 89.2 Å². The largest absolute Gasteiger partial charge is 0.347 e. The first kappa shape index (κ1) is 32.7. The summed E-state index contributed by atoms with van der Waals surface area (Å²) in [5.41, 5.74) is 8.93. The predicted molar refractivity (Wildman–Crippen MR) is 210 cm³/mol. The lowest BCUT2D eigenvalue weighted by molar-refractivity contribution is -0.401. The summed E-state index contributed by atoms with van der Waals surface area (Å²) in [7, 11) is 4.36. The molecule has 0 amide bonds. The summed E-state index contributed by atoms with van der Waals surface area (Å²) in [5.74, 6) is 0. The maximum atomic E-state index is 10.1. The van der Waals surface area contributed by atoms with E-state index in [1.165, 1.54) is 94.0 Å². The molecule has 51 heavy (non-hydrogen) atoms. The van der Waals surface area contributed by atoms with Crippen molar-refractivity contribution in [1.82, 2.24) is 0 Å². The number of allylic oxidation sites excluding steroid dienone is 10. The Labute approximate surface area is 302 Å². The Hall–Kier alpha value is -5.45. The highest BCUT2D eigenvalue weighted by molar-refractivity contribution is 6.08. The molecular weight excluding hydrogens is 621 g/mol. The van der Waals surface area contributed by atoms with Gasteiger partial charge in [-0.2, -0.15) is 15.1 Å². The van der Waals surface area contributed by atoms with E-state index < -0.39 is 0 Å². The first-order chi connectivity index (χ1) is 25.0. The Bertz CT molecular complexity index is 2320. The summed E-state index contributed by atoms with van der Waals surface area (Å²) in [6, 6.07) is 31.2. The monoisotopic (exact) mass is 665 g/mol. The predicted octanol–water partition coefficient (Wildman–Crippen LogP) is 11.2. The van der Waals surface area contributed by atoms with E-state index in [0.717, 1.165) is 25.7 Å². The van der Waals surface area contributed by atoms with Gasteiger partial charge in [0.25, 0.3) is 0 Å². The molecule has 0 N–H and O–H groups in total. The molecule has 4 aromatic rings. The van der Waals surface area contributed by atoms with Gasteiger partial charge in [0.15, 0.2) is 5.71 Å². The van der Waals surface area contributed by atoms with Crippen LogP contribution in [0.3, 0.4) is 0 Å². The van der Waals surface area contributed by atoms with E-state index >= 15 is 0 Å². The molecule has 4 aromatic carbocycles.